The smallest absolute Gasteiger partial charge is 0.159 e. The Bertz CT molecular complexity index is 571. The molecule has 2 aromatic rings. The van der Waals surface area contributed by atoms with Crippen molar-refractivity contribution in [2.45, 2.75) is 32.8 Å². The van der Waals surface area contributed by atoms with Gasteiger partial charge in [-0.05, 0) is 19.8 Å². The van der Waals surface area contributed by atoms with E-state index in [0.717, 1.165) is 53.7 Å². The molecule has 0 radical (unpaired) electrons. The molecule has 0 aromatic carbocycles. The highest BCUT2D eigenvalue weighted by Gasteiger charge is 2.21. The summed E-state index contributed by atoms with van der Waals surface area (Å²) >= 11 is 1.62. The van der Waals surface area contributed by atoms with Gasteiger partial charge in [-0.2, -0.15) is 0 Å². The van der Waals surface area contributed by atoms with Gasteiger partial charge in [0.05, 0.1) is 11.1 Å². The zero-order chi connectivity index (χ0) is 13.2. The molecule has 102 valence electrons. The first-order chi connectivity index (χ1) is 9.28. The molecule has 1 saturated heterocycles. The molecule has 0 bridgehead atoms. The van der Waals surface area contributed by atoms with Crippen LogP contribution in [0.2, 0.25) is 0 Å². The van der Waals surface area contributed by atoms with E-state index < -0.39 is 0 Å². The number of anilines is 1. The Kier molecular flexibility index (Phi) is 3.61. The van der Waals surface area contributed by atoms with Gasteiger partial charge >= 0.3 is 0 Å². The highest BCUT2D eigenvalue weighted by molar-refractivity contribution is 7.18. The van der Waals surface area contributed by atoms with E-state index in [2.05, 4.69) is 26.8 Å². The van der Waals surface area contributed by atoms with E-state index in [1.54, 1.807) is 17.7 Å². The van der Waals surface area contributed by atoms with E-state index in [9.17, 15) is 0 Å². The van der Waals surface area contributed by atoms with Crippen LogP contribution in [0.5, 0.6) is 0 Å². The summed E-state index contributed by atoms with van der Waals surface area (Å²) < 4.78 is 5.82. The monoisotopic (exact) mass is 278 g/mol. The maximum absolute atomic E-state index is 5.82. The molecule has 1 unspecified atom stereocenters. The number of thiazole rings is 1. The second kappa shape index (κ2) is 5.38. The van der Waals surface area contributed by atoms with Crippen LogP contribution in [0.4, 0.5) is 5.82 Å². The van der Waals surface area contributed by atoms with E-state index in [0.29, 0.717) is 0 Å². The predicted molar refractivity (Wildman–Crippen MR) is 76.8 cm³/mol. The Hall–Kier alpha value is -1.27. The number of ether oxygens (including phenoxy) is 1. The summed E-state index contributed by atoms with van der Waals surface area (Å²) in [5.41, 5.74) is 0.932. The standard InChI is InChI=1S/C13H18N4OS/c1-3-10-7-17(5-4-6-18-10)12-11-13(15-8-14-12)19-9(2)16-11/h8,10H,3-7H2,1-2H3. The fourth-order valence-electron chi connectivity index (χ4n) is 2.41. The molecule has 2 aromatic heterocycles. The van der Waals surface area contributed by atoms with Crippen LogP contribution in [0.1, 0.15) is 24.8 Å². The highest BCUT2D eigenvalue weighted by atomic mass is 32.1. The topological polar surface area (TPSA) is 51.1 Å². The summed E-state index contributed by atoms with van der Waals surface area (Å²) in [6, 6.07) is 0. The van der Waals surface area contributed by atoms with Crippen molar-refractivity contribution in [3.8, 4) is 0 Å². The van der Waals surface area contributed by atoms with Gasteiger partial charge < -0.3 is 9.64 Å². The van der Waals surface area contributed by atoms with Gasteiger partial charge in [0.1, 0.15) is 16.7 Å². The third-order valence-electron chi connectivity index (χ3n) is 3.39. The number of hydrogen-bond acceptors (Lipinski definition) is 6. The molecule has 1 fully saturated rings. The van der Waals surface area contributed by atoms with Gasteiger partial charge in [-0.15, -0.1) is 0 Å². The summed E-state index contributed by atoms with van der Waals surface area (Å²) in [4.78, 5) is 16.6. The molecule has 1 atom stereocenters. The van der Waals surface area contributed by atoms with E-state index in [4.69, 9.17) is 4.74 Å². The van der Waals surface area contributed by atoms with Crippen LogP contribution >= 0.6 is 11.3 Å². The fourth-order valence-corrected chi connectivity index (χ4v) is 3.16. The lowest BCUT2D eigenvalue weighted by molar-refractivity contribution is 0.0664. The predicted octanol–water partition coefficient (Wildman–Crippen LogP) is 2.40. The van der Waals surface area contributed by atoms with Crippen LogP contribution < -0.4 is 4.90 Å². The number of hydrogen-bond donors (Lipinski definition) is 0. The second-order valence-corrected chi connectivity index (χ2v) is 5.97. The number of aryl methyl sites for hydroxylation is 1. The van der Waals surface area contributed by atoms with Crippen LogP contribution in [0, 0.1) is 6.92 Å². The van der Waals surface area contributed by atoms with Gasteiger partial charge in [0.15, 0.2) is 5.82 Å². The van der Waals surface area contributed by atoms with Gasteiger partial charge in [0.25, 0.3) is 0 Å². The van der Waals surface area contributed by atoms with E-state index in [1.165, 1.54) is 0 Å². The third kappa shape index (κ3) is 2.55. The maximum atomic E-state index is 5.82. The summed E-state index contributed by atoms with van der Waals surface area (Å²) in [6.45, 7) is 6.87. The van der Waals surface area contributed by atoms with Gasteiger partial charge in [0.2, 0.25) is 0 Å². The molecule has 0 amide bonds. The van der Waals surface area contributed by atoms with Gasteiger partial charge in [0, 0.05) is 19.7 Å². The Balaban J connectivity index is 1.97. The zero-order valence-corrected chi connectivity index (χ0v) is 12.1. The third-order valence-corrected chi connectivity index (χ3v) is 4.27. The lowest BCUT2D eigenvalue weighted by Gasteiger charge is -2.24. The van der Waals surface area contributed by atoms with Crippen molar-refractivity contribution >= 4 is 27.5 Å². The SMILES string of the molecule is CCC1CN(c2ncnc3sc(C)nc23)CCCO1. The molecule has 3 rings (SSSR count). The Morgan fingerprint density at radius 3 is 3.21 bits per heavy atom. The minimum atomic E-state index is 0.284. The Morgan fingerprint density at radius 1 is 1.47 bits per heavy atom. The van der Waals surface area contributed by atoms with Gasteiger partial charge in [-0.3, -0.25) is 0 Å². The fraction of sp³-hybridized carbons (Fsp3) is 0.615. The summed E-state index contributed by atoms with van der Waals surface area (Å²) in [5.74, 6) is 0.957. The molecule has 0 aliphatic carbocycles. The van der Waals surface area contributed by atoms with Crippen molar-refractivity contribution in [1.82, 2.24) is 15.0 Å². The van der Waals surface area contributed by atoms with Crippen molar-refractivity contribution in [2.24, 2.45) is 0 Å². The van der Waals surface area contributed by atoms with Gasteiger partial charge in [-0.25, -0.2) is 15.0 Å². The van der Waals surface area contributed by atoms with E-state index >= 15 is 0 Å². The number of fused-ring (bicyclic) bond motifs is 1. The average Bonchev–Trinajstić information content (AvgIpc) is 2.65. The number of nitrogens with zero attached hydrogens (tertiary/aromatic N) is 4. The lowest BCUT2D eigenvalue weighted by Crippen LogP contribution is -2.32. The van der Waals surface area contributed by atoms with Gasteiger partial charge in [-0.1, -0.05) is 18.3 Å². The number of aromatic nitrogens is 3. The first kappa shape index (κ1) is 12.7. The minimum absolute atomic E-state index is 0.284. The largest absolute Gasteiger partial charge is 0.376 e. The molecule has 1 aliphatic rings. The molecular weight excluding hydrogens is 260 g/mol. The van der Waals surface area contributed by atoms with Crippen LogP contribution in [0.3, 0.4) is 0 Å². The van der Waals surface area contributed by atoms with E-state index in [-0.39, 0.29) is 6.10 Å². The van der Waals surface area contributed by atoms with Crippen molar-refractivity contribution in [3.05, 3.63) is 11.3 Å². The zero-order valence-electron chi connectivity index (χ0n) is 11.3. The normalized spacial score (nSPS) is 20.7. The molecule has 0 N–H and O–H groups in total. The molecule has 6 heteroatoms. The molecular formula is C13H18N4OS. The molecule has 1 aliphatic heterocycles. The first-order valence-corrected chi connectivity index (χ1v) is 7.54. The van der Waals surface area contributed by atoms with Crippen molar-refractivity contribution in [2.75, 3.05) is 24.6 Å². The molecule has 0 spiro atoms. The Morgan fingerprint density at radius 2 is 2.37 bits per heavy atom. The van der Waals surface area contributed by atoms with Crippen LogP contribution in [-0.4, -0.2) is 40.8 Å². The van der Waals surface area contributed by atoms with Crippen LogP contribution in [-0.2, 0) is 4.74 Å². The molecule has 3 heterocycles. The average molecular weight is 278 g/mol. The van der Waals surface area contributed by atoms with Crippen molar-refractivity contribution < 1.29 is 4.74 Å². The molecule has 19 heavy (non-hydrogen) atoms. The number of rotatable bonds is 2. The van der Waals surface area contributed by atoms with Crippen LogP contribution in [0.25, 0.3) is 10.3 Å². The Labute approximate surface area is 116 Å². The minimum Gasteiger partial charge on any atom is -0.376 e. The summed E-state index contributed by atoms with van der Waals surface area (Å²) in [5, 5.41) is 1.04. The molecule has 0 saturated carbocycles. The first-order valence-electron chi connectivity index (χ1n) is 6.72. The summed E-state index contributed by atoms with van der Waals surface area (Å²) in [7, 11) is 0. The lowest BCUT2D eigenvalue weighted by atomic mass is 10.2. The van der Waals surface area contributed by atoms with E-state index in [1.807, 2.05) is 6.92 Å². The second-order valence-electron chi connectivity index (χ2n) is 4.78. The quantitative estimate of drug-likeness (QED) is 0.844. The highest BCUT2D eigenvalue weighted by Crippen LogP contribution is 2.27. The summed E-state index contributed by atoms with van der Waals surface area (Å²) in [6.07, 6.45) is 3.99. The maximum Gasteiger partial charge on any atom is 0.159 e. The van der Waals surface area contributed by atoms with Crippen molar-refractivity contribution in [3.63, 3.8) is 0 Å². The molecule has 5 nitrogen and oxygen atoms in total. The van der Waals surface area contributed by atoms with Crippen LogP contribution in [0.15, 0.2) is 6.33 Å². The van der Waals surface area contributed by atoms with Crippen molar-refractivity contribution in [1.29, 1.82) is 0 Å².